The highest BCUT2D eigenvalue weighted by Crippen LogP contribution is 2.50. The number of rotatable bonds is 4. The lowest BCUT2D eigenvalue weighted by Gasteiger charge is -2.18. The number of ether oxygens (including phenoxy) is 1. The number of fused-ring (bicyclic) bond motifs is 1. The standard InChI is InChI=1S/C17H13ClF4O5S/c18-9-4-10(19)6-11(5-9)27-13-1-2-14(28(25,26)17(20,21)22)16-12(24)3-8(7-23)15(13)16/h1-2,4-6,8,12,23-24H,3,7H2/t8?,12-/m0/s1. The maximum absolute atomic E-state index is 13.5. The van der Waals surface area contributed by atoms with E-state index in [1.54, 1.807) is 0 Å². The normalized spacial score (nSPS) is 19.5. The van der Waals surface area contributed by atoms with E-state index in [0.29, 0.717) is 6.07 Å². The predicted molar refractivity (Wildman–Crippen MR) is 90.6 cm³/mol. The minimum Gasteiger partial charge on any atom is -0.457 e. The van der Waals surface area contributed by atoms with Crippen LogP contribution in [0, 0.1) is 5.82 Å². The van der Waals surface area contributed by atoms with E-state index in [4.69, 9.17) is 16.3 Å². The van der Waals surface area contributed by atoms with Gasteiger partial charge in [-0.1, -0.05) is 11.6 Å². The van der Waals surface area contributed by atoms with Crippen LogP contribution in [-0.2, 0) is 9.84 Å². The summed E-state index contributed by atoms with van der Waals surface area (Å²) in [5.41, 5.74) is -6.15. The molecule has 0 saturated heterocycles. The smallest absolute Gasteiger partial charge is 0.457 e. The number of aliphatic hydroxyl groups is 2. The first-order valence-electron chi connectivity index (χ1n) is 7.86. The van der Waals surface area contributed by atoms with Gasteiger partial charge in [0.2, 0.25) is 0 Å². The summed E-state index contributed by atoms with van der Waals surface area (Å²) in [5.74, 6) is -1.80. The molecule has 2 N–H and O–H groups in total. The first kappa shape index (κ1) is 20.8. The zero-order valence-corrected chi connectivity index (χ0v) is 15.4. The molecular formula is C17H13ClF4O5S. The Balaban J connectivity index is 2.19. The van der Waals surface area contributed by atoms with Crippen molar-refractivity contribution in [3.05, 3.63) is 52.3 Å². The molecule has 11 heteroatoms. The van der Waals surface area contributed by atoms with Gasteiger partial charge in [0.25, 0.3) is 9.84 Å². The molecule has 0 saturated carbocycles. The average molecular weight is 441 g/mol. The second-order valence-electron chi connectivity index (χ2n) is 6.18. The Morgan fingerprint density at radius 3 is 2.43 bits per heavy atom. The first-order valence-corrected chi connectivity index (χ1v) is 9.73. The summed E-state index contributed by atoms with van der Waals surface area (Å²) < 4.78 is 81.9. The molecule has 2 atom stereocenters. The zero-order valence-electron chi connectivity index (χ0n) is 13.9. The lowest BCUT2D eigenvalue weighted by Crippen LogP contribution is -2.25. The molecule has 0 aromatic heterocycles. The summed E-state index contributed by atoms with van der Waals surface area (Å²) >= 11 is 5.74. The molecule has 0 heterocycles. The minimum absolute atomic E-state index is 0.00153. The number of hydrogen-bond donors (Lipinski definition) is 2. The van der Waals surface area contributed by atoms with Crippen molar-refractivity contribution in [3.63, 3.8) is 0 Å². The van der Waals surface area contributed by atoms with Gasteiger partial charge in [-0.2, -0.15) is 13.2 Å². The van der Waals surface area contributed by atoms with Crippen LogP contribution < -0.4 is 4.74 Å². The van der Waals surface area contributed by atoms with Gasteiger partial charge >= 0.3 is 5.51 Å². The van der Waals surface area contributed by atoms with Gasteiger partial charge in [0.05, 0.1) is 17.6 Å². The number of hydrogen-bond acceptors (Lipinski definition) is 5. The molecule has 152 valence electrons. The van der Waals surface area contributed by atoms with Crippen molar-refractivity contribution in [3.8, 4) is 11.5 Å². The molecule has 2 aromatic rings. The molecule has 2 aromatic carbocycles. The summed E-state index contributed by atoms with van der Waals surface area (Å²) in [7, 11) is -5.75. The summed E-state index contributed by atoms with van der Waals surface area (Å²) in [4.78, 5) is -1.11. The van der Waals surface area contributed by atoms with E-state index in [-0.39, 0.29) is 28.5 Å². The van der Waals surface area contributed by atoms with Crippen molar-refractivity contribution in [1.29, 1.82) is 0 Å². The van der Waals surface area contributed by atoms with Crippen LogP contribution in [0.4, 0.5) is 17.6 Å². The van der Waals surface area contributed by atoms with E-state index in [1.165, 1.54) is 6.07 Å². The fourth-order valence-corrected chi connectivity index (χ4v) is 4.44. The average Bonchev–Trinajstić information content (AvgIpc) is 2.90. The van der Waals surface area contributed by atoms with Gasteiger partial charge < -0.3 is 14.9 Å². The predicted octanol–water partition coefficient (Wildman–Crippen LogP) is 4.08. The minimum atomic E-state index is -5.75. The molecule has 3 rings (SSSR count). The van der Waals surface area contributed by atoms with Crippen molar-refractivity contribution in [2.45, 2.75) is 28.8 Å². The quantitative estimate of drug-likeness (QED) is 0.700. The molecule has 0 bridgehead atoms. The highest BCUT2D eigenvalue weighted by Gasteiger charge is 2.50. The van der Waals surface area contributed by atoms with Crippen LogP contribution in [0.1, 0.15) is 29.6 Å². The van der Waals surface area contributed by atoms with E-state index >= 15 is 0 Å². The van der Waals surface area contributed by atoms with E-state index in [0.717, 1.165) is 18.2 Å². The summed E-state index contributed by atoms with van der Waals surface area (Å²) in [6.45, 7) is -0.570. The fraction of sp³-hybridized carbons (Fsp3) is 0.294. The molecule has 0 spiro atoms. The molecule has 1 aliphatic rings. The highest BCUT2D eigenvalue weighted by atomic mass is 35.5. The Labute approximate surface area is 162 Å². The van der Waals surface area contributed by atoms with Crippen molar-refractivity contribution < 1.29 is 40.9 Å². The second kappa shape index (κ2) is 7.18. The summed E-state index contributed by atoms with van der Waals surface area (Å²) in [6, 6.07) is 4.87. The number of sulfone groups is 1. The van der Waals surface area contributed by atoms with Gasteiger partial charge in [0, 0.05) is 28.1 Å². The molecule has 1 aliphatic carbocycles. The summed E-state index contributed by atoms with van der Waals surface area (Å²) in [5, 5.41) is 19.7. The Hall–Kier alpha value is -1.88. The van der Waals surface area contributed by atoms with Gasteiger partial charge in [-0.3, -0.25) is 0 Å². The number of halogens is 5. The Kier molecular flexibility index (Phi) is 5.34. The van der Waals surface area contributed by atoms with Crippen LogP contribution >= 0.6 is 11.6 Å². The third-order valence-electron chi connectivity index (χ3n) is 4.33. The van der Waals surface area contributed by atoms with Gasteiger partial charge in [-0.25, -0.2) is 12.8 Å². The van der Waals surface area contributed by atoms with Crippen LogP contribution in [-0.4, -0.2) is 30.7 Å². The van der Waals surface area contributed by atoms with Crippen molar-refractivity contribution >= 4 is 21.4 Å². The van der Waals surface area contributed by atoms with Gasteiger partial charge in [0.1, 0.15) is 17.3 Å². The Morgan fingerprint density at radius 1 is 1.18 bits per heavy atom. The lowest BCUT2D eigenvalue weighted by atomic mass is 10.0. The maximum Gasteiger partial charge on any atom is 0.501 e. The molecule has 0 amide bonds. The molecule has 1 unspecified atom stereocenters. The number of alkyl halides is 3. The molecule has 0 fully saturated rings. The molecule has 28 heavy (non-hydrogen) atoms. The monoisotopic (exact) mass is 440 g/mol. The molecule has 5 nitrogen and oxygen atoms in total. The number of benzene rings is 2. The van der Waals surface area contributed by atoms with Crippen LogP contribution in [0.25, 0.3) is 0 Å². The molecular weight excluding hydrogens is 428 g/mol. The van der Waals surface area contributed by atoms with Crippen molar-refractivity contribution in [2.75, 3.05) is 6.61 Å². The highest BCUT2D eigenvalue weighted by molar-refractivity contribution is 7.92. The van der Waals surface area contributed by atoms with E-state index < -0.39 is 50.3 Å². The second-order valence-corrected chi connectivity index (χ2v) is 8.52. The maximum atomic E-state index is 13.5. The number of aliphatic hydroxyl groups excluding tert-OH is 2. The lowest BCUT2D eigenvalue weighted by molar-refractivity contribution is -0.0437. The zero-order chi connectivity index (χ0) is 20.9. The third-order valence-corrected chi connectivity index (χ3v) is 6.10. The van der Waals surface area contributed by atoms with E-state index in [9.17, 15) is 36.2 Å². The van der Waals surface area contributed by atoms with Gasteiger partial charge in [-0.15, -0.1) is 0 Å². The van der Waals surface area contributed by atoms with Gasteiger partial charge in [-0.05, 0) is 30.7 Å². The molecule has 0 radical (unpaired) electrons. The van der Waals surface area contributed by atoms with Gasteiger partial charge in [0.15, 0.2) is 0 Å². The van der Waals surface area contributed by atoms with E-state index in [2.05, 4.69) is 0 Å². The molecule has 0 aliphatic heterocycles. The first-order chi connectivity index (χ1) is 13.0. The fourth-order valence-electron chi connectivity index (χ4n) is 3.19. The largest absolute Gasteiger partial charge is 0.501 e. The van der Waals surface area contributed by atoms with E-state index in [1.807, 2.05) is 0 Å². The third kappa shape index (κ3) is 3.57. The SMILES string of the molecule is O=S(=O)(c1ccc(Oc2cc(F)cc(Cl)c2)c2c1[C@@H](O)CC2CO)C(F)(F)F. The Bertz CT molecular complexity index is 1000. The van der Waals surface area contributed by atoms with Crippen LogP contribution in [0.15, 0.2) is 35.2 Å². The summed E-state index contributed by atoms with van der Waals surface area (Å²) in [6.07, 6.45) is -1.75. The van der Waals surface area contributed by atoms with Crippen LogP contribution in [0.5, 0.6) is 11.5 Å². The van der Waals surface area contributed by atoms with Crippen LogP contribution in [0.2, 0.25) is 5.02 Å². The van der Waals surface area contributed by atoms with Crippen LogP contribution in [0.3, 0.4) is 0 Å². The van der Waals surface area contributed by atoms with Crippen molar-refractivity contribution in [2.24, 2.45) is 0 Å². The van der Waals surface area contributed by atoms with Crippen molar-refractivity contribution in [1.82, 2.24) is 0 Å². The topological polar surface area (TPSA) is 83.8 Å². The Morgan fingerprint density at radius 2 is 1.86 bits per heavy atom.